The molecule has 118 valence electrons. The minimum Gasteiger partial charge on any atom is -0.491 e. The Morgan fingerprint density at radius 3 is 2.67 bits per heavy atom. The van der Waals surface area contributed by atoms with E-state index in [-0.39, 0.29) is 17.5 Å². The SMILES string of the molecule is CCCCCOc1ccc(C(=O)C(C)CCOC)cc1F. The number of hydrogen-bond donors (Lipinski definition) is 0. The number of methoxy groups -OCH3 is 1. The molecule has 0 saturated heterocycles. The summed E-state index contributed by atoms with van der Waals surface area (Å²) in [4.78, 5) is 12.2. The van der Waals surface area contributed by atoms with Gasteiger partial charge in [-0.2, -0.15) is 0 Å². The molecule has 4 heteroatoms. The monoisotopic (exact) mass is 296 g/mol. The van der Waals surface area contributed by atoms with E-state index >= 15 is 0 Å². The molecule has 1 aromatic rings. The van der Waals surface area contributed by atoms with Crippen LogP contribution >= 0.6 is 0 Å². The van der Waals surface area contributed by atoms with Crippen LogP contribution < -0.4 is 4.74 Å². The topological polar surface area (TPSA) is 35.5 Å². The van der Waals surface area contributed by atoms with Gasteiger partial charge in [-0.1, -0.05) is 26.7 Å². The minimum absolute atomic E-state index is 0.0662. The molecular weight excluding hydrogens is 271 g/mol. The maximum atomic E-state index is 13.9. The van der Waals surface area contributed by atoms with Crippen molar-refractivity contribution < 1.29 is 18.7 Å². The predicted molar refractivity (Wildman–Crippen MR) is 81.4 cm³/mol. The van der Waals surface area contributed by atoms with Crippen LogP contribution in [0.25, 0.3) is 0 Å². The highest BCUT2D eigenvalue weighted by Crippen LogP contribution is 2.21. The number of rotatable bonds is 10. The van der Waals surface area contributed by atoms with E-state index in [0.717, 1.165) is 19.3 Å². The maximum absolute atomic E-state index is 13.9. The van der Waals surface area contributed by atoms with E-state index in [0.29, 0.717) is 25.2 Å². The third kappa shape index (κ3) is 5.84. The molecule has 3 nitrogen and oxygen atoms in total. The van der Waals surface area contributed by atoms with E-state index in [9.17, 15) is 9.18 Å². The van der Waals surface area contributed by atoms with Crippen LogP contribution in [-0.2, 0) is 4.74 Å². The van der Waals surface area contributed by atoms with Crippen molar-refractivity contribution in [3.63, 3.8) is 0 Å². The Morgan fingerprint density at radius 1 is 1.29 bits per heavy atom. The molecule has 0 aliphatic carbocycles. The summed E-state index contributed by atoms with van der Waals surface area (Å²) in [5, 5.41) is 0. The predicted octanol–water partition coefficient (Wildman–Crippen LogP) is 4.25. The normalized spacial score (nSPS) is 12.2. The molecule has 0 aliphatic rings. The van der Waals surface area contributed by atoms with Crippen LogP contribution in [0, 0.1) is 11.7 Å². The van der Waals surface area contributed by atoms with Gasteiger partial charge >= 0.3 is 0 Å². The van der Waals surface area contributed by atoms with Gasteiger partial charge in [-0.15, -0.1) is 0 Å². The highest BCUT2D eigenvalue weighted by atomic mass is 19.1. The highest BCUT2D eigenvalue weighted by Gasteiger charge is 2.17. The third-order valence-corrected chi connectivity index (χ3v) is 3.42. The summed E-state index contributed by atoms with van der Waals surface area (Å²) in [6.45, 7) is 4.95. The Hall–Kier alpha value is -1.42. The zero-order valence-corrected chi connectivity index (χ0v) is 13.2. The molecule has 1 rings (SSSR count). The van der Waals surface area contributed by atoms with Crippen molar-refractivity contribution in [3.05, 3.63) is 29.6 Å². The summed E-state index contributed by atoms with van der Waals surface area (Å²) in [5.41, 5.74) is 0.386. The molecule has 0 N–H and O–H groups in total. The van der Waals surface area contributed by atoms with Crippen molar-refractivity contribution in [3.8, 4) is 5.75 Å². The maximum Gasteiger partial charge on any atom is 0.165 e. The molecule has 0 saturated carbocycles. The molecule has 0 spiro atoms. The Kier molecular flexibility index (Phi) is 7.98. The summed E-state index contributed by atoms with van der Waals surface area (Å²) in [6, 6.07) is 4.43. The quantitative estimate of drug-likeness (QED) is 0.478. The van der Waals surface area contributed by atoms with Gasteiger partial charge in [0.2, 0.25) is 0 Å². The lowest BCUT2D eigenvalue weighted by molar-refractivity contribution is 0.0893. The summed E-state index contributed by atoms with van der Waals surface area (Å²) in [6.07, 6.45) is 3.70. The largest absolute Gasteiger partial charge is 0.491 e. The van der Waals surface area contributed by atoms with Crippen LogP contribution in [0.15, 0.2) is 18.2 Å². The lowest BCUT2D eigenvalue weighted by Crippen LogP contribution is -2.13. The van der Waals surface area contributed by atoms with Crippen LogP contribution in [0.1, 0.15) is 49.9 Å². The number of carbonyl (C=O) groups excluding carboxylic acids is 1. The van der Waals surface area contributed by atoms with E-state index < -0.39 is 5.82 Å². The van der Waals surface area contributed by atoms with Gasteiger partial charge in [-0.05, 0) is 31.0 Å². The van der Waals surface area contributed by atoms with Crippen molar-refractivity contribution in [2.24, 2.45) is 5.92 Å². The van der Waals surface area contributed by atoms with E-state index in [2.05, 4.69) is 6.92 Å². The second-order valence-electron chi connectivity index (χ2n) is 5.25. The Bertz CT molecular complexity index is 446. The second-order valence-corrected chi connectivity index (χ2v) is 5.25. The van der Waals surface area contributed by atoms with Crippen molar-refractivity contribution in [2.45, 2.75) is 39.5 Å². The van der Waals surface area contributed by atoms with E-state index in [4.69, 9.17) is 9.47 Å². The number of carbonyl (C=O) groups is 1. The lowest BCUT2D eigenvalue weighted by Gasteiger charge is -2.11. The first-order chi connectivity index (χ1) is 10.1. The number of Topliss-reactive ketones (excluding diaryl/α,β-unsaturated/α-hetero) is 1. The number of ketones is 1. The zero-order valence-electron chi connectivity index (χ0n) is 13.2. The number of unbranched alkanes of at least 4 members (excludes halogenated alkanes) is 2. The molecule has 0 bridgehead atoms. The van der Waals surface area contributed by atoms with Gasteiger partial charge in [-0.25, -0.2) is 4.39 Å². The summed E-state index contributed by atoms with van der Waals surface area (Å²) in [5.74, 6) is -0.507. The average molecular weight is 296 g/mol. The van der Waals surface area contributed by atoms with E-state index in [1.165, 1.54) is 12.1 Å². The van der Waals surface area contributed by atoms with Gasteiger partial charge in [0.1, 0.15) is 0 Å². The smallest absolute Gasteiger partial charge is 0.165 e. The molecule has 1 aromatic carbocycles. The van der Waals surface area contributed by atoms with Crippen LogP contribution in [0.4, 0.5) is 4.39 Å². The van der Waals surface area contributed by atoms with Crippen molar-refractivity contribution in [2.75, 3.05) is 20.3 Å². The molecule has 0 aliphatic heterocycles. The molecule has 0 radical (unpaired) electrons. The van der Waals surface area contributed by atoms with E-state index in [1.807, 2.05) is 6.92 Å². The molecule has 0 amide bonds. The van der Waals surface area contributed by atoms with Crippen molar-refractivity contribution in [1.29, 1.82) is 0 Å². The molecule has 1 atom stereocenters. The molecule has 1 unspecified atom stereocenters. The average Bonchev–Trinajstić information content (AvgIpc) is 2.49. The van der Waals surface area contributed by atoms with Crippen LogP contribution in [0.2, 0.25) is 0 Å². The van der Waals surface area contributed by atoms with Crippen LogP contribution in [-0.4, -0.2) is 26.1 Å². The minimum atomic E-state index is -0.476. The molecule has 0 heterocycles. The van der Waals surface area contributed by atoms with Gasteiger partial charge < -0.3 is 9.47 Å². The standard InChI is InChI=1S/C17H25FO3/c1-4-5-6-10-21-16-8-7-14(12-15(16)18)17(19)13(2)9-11-20-3/h7-8,12-13H,4-6,9-11H2,1-3H3. The molecule has 0 fully saturated rings. The number of halogens is 1. The van der Waals surface area contributed by atoms with E-state index in [1.54, 1.807) is 13.2 Å². The fraction of sp³-hybridized carbons (Fsp3) is 0.588. The lowest BCUT2D eigenvalue weighted by atomic mass is 9.96. The zero-order chi connectivity index (χ0) is 15.7. The number of benzene rings is 1. The molecule has 21 heavy (non-hydrogen) atoms. The van der Waals surface area contributed by atoms with Crippen LogP contribution in [0.3, 0.4) is 0 Å². The summed E-state index contributed by atoms with van der Waals surface area (Å²) < 4.78 is 24.3. The Morgan fingerprint density at radius 2 is 2.05 bits per heavy atom. The molecular formula is C17H25FO3. The number of hydrogen-bond acceptors (Lipinski definition) is 3. The first-order valence-electron chi connectivity index (χ1n) is 7.55. The highest BCUT2D eigenvalue weighted by molar-refractivity contribution is 5.97. The molecule has 0 aromatic heterocycles. The first-order valence-corrected chi connectivity index (χ1v) is 7.55. The fourth-order valence-electron chi connectivity index (χ4n) is 2.02. The summed E-state index contributed by atoms with van der Waals surface area (Å²) >= 11 is 0. The van der Waals surface area contributed by atoms with Crippen LogP contribution in [0.5, 0.6) is 5.75 Å². The van der Waals surface area contributed by atoms with Crippen molar-refractivity contribution >= 4 is 5.78 Å². The first kappa shape index (κ1) is 17.6. The van der Waals surface area contributed by atoms with Gasteiger partial charge in [0.25, 0.3) is 0 Å². The Labute approximate surface area is 126 Å². The number of ether oxygens (including phenoxy) is 2. The Balaban J connectivity index is 2.62. The van der Waals surface area contributed by atoms with Gasteiger partial charge in [0.05, 0.1) is 6.61 Å². The van der Waals surface area contributed by atoms with Gasteiger partial charge in [-0.3, -0.25) is 4.79 Å². The summed E-state index contributed by atoms with van der Waals surface area (Å²) in [7, 11) is 1.60. The third-order valence-electron chi connectivity index (χ3n) is 3.42. The van der Waals surface area contributed by atoms with Gasteiger partial charge in [0.15, 0.2) is 17.3 Å². The fourth-order valence-corrected chi connectivity index (χ4v) is 2.02. The van der Waals surface area contributed by atoms with Crippen molar-refractivity contribution in [1.82, 2.24) is 0 Å². The second kappa shape index (κ2) is 9.50. The van der Waals surface area contributed by atoms with Gasteiger partial charge in [0, 0.05) is 25.2 Å².